The fourth-order valence-electron chi connectivity index (χ4n) is 5.74. The molecule has 0 unspecified atom stereocenters. The highest BCUT2D eigenvalue weighted by Gasteiger charge is 2.42. The van der Waals surface area contributed by atoms with Gasteiger partial charge in [0.05, 0.1) is 34.5 Å². The second-order valence-corrected chi connectivity index (χ2v) is 10.3. The summed E-state index contributed by atoms with van der Waals surface area (Å²) in [6, 6.07) is 12.3. The Kier molecular flexibility index (Phi) is 6.20. The van der Waals surface area contributed by atoms with Gasteiger partial charge in [0, 0.05) is 18.2 Å². The topological polar surface area (TPSA) is 99.3 Å². The second-order valence-electron chi connectivity index (χ2n) is 9.32. The summed E-state index contributed by atoms with van der Waals surface area (Å²) in [4.78, 5) is 28.3. The highest BCUT2D eigenvalue weighted by atomic mass is 32.2. The summed E-state index contributed by atoms with van der Waals surface area (Å²) in [5, 5.41) is 15.1. The molecule has 2 saturated carbocycles. The largest absolute Gasteiger partial charge is 0.495 e. The summed E-state index contributed by atoms with van der Waals surface area (Å²) in [5.74, 6) is 3.01. The number of methoxy groups -OCH3 is 1. The summed E-state index contributed by atoms with van der Waals surface area (Å²) in [6.45, 7) is 2.12. The molecule has 5 rings (SSSR count). The van der Waals surface area contributed by atoms with Crippen LogP contribution in [0.3, 0.4) is 0 Å². The van der Waals surface area contributed by atoms with E-state index in [9.17, 15) is 14.9 Å². The number of nitrogens with one attached hydrogen (secondary N) is 1. The number of hydrogen-bond acceptors (Lipinski definition) is 6. The van der Waals surface area contributed by atoms with E-state index in [0.29, 0.717) is 27.9 Å². The van der Waals surface area contributed by atoms with Crippen molar-refractivity contribution in [3.05, 3.63) is 52.6 Å². The van der Waals surface area contributed by atoms with Gasteiger partial charge in [-0.2, -0.15) is 0 Å². The van der Waals surface area contributed by atoms with Crippen LogP contribution < -0.4 is 10.1 Å². The zero-order chi connectivity index (χ0) is 23.8. The number of carbonyl (C=O) groups is 1. The molecule has 34 heavy (non-hydrogen) atoms. The number of nitrogens with zero attached hydrogens (tertiary/aromatic N) is 3. The lowest BCUT2D eigenvalue weighted by Crippen LogP contribution is -2.40. The average molecular weight is 481 g/mol. The van der Waals surface area contributed by atoms with Gasteiger partial charge >= 0.3 is 0 Å². The molecule has 3 aromatic rings. The molecule has 0 spiro atoms. The number of nitro benzene ring substituents is 1. The third-order valence-electron chi connectivity index (χ3n) is 7.30. The van der Waals surface area contributed by atoms with Crippen molar-refractivity contribution >= 4 is 34.4 Å². The van der Waals surface area contributed by atoms with E-state index >= 15 is 0 Å². The number of benzene rings is 2. The number of rotatable bonds is 8. The van der Waals surface area contributed by atoms with Crippen molar-refractivity contribution < 1.29 is 14.5 Å². The Morgan fingerprint density at radius 1 is 1.29 bits per heavy atom. The van der Waals surface area contributed by atoms with Crippen LogP contribution in [-0.2, 0) is 4.79 Å². The van der Waals surface area contributed by atoms with Gasteiger partial charge in [-0.05, 0) is 62.1 Å². The Bertz CT molecular complexity index is 1240. The van der Waals surface area contributed by atoms with Gasteiger partial charge in [0.15, 0.2) is 5.16 Å². The van der Waals surface area contributed by atoms with Crippen LogP contribution in [0.4, 0.5) is 5.69 Å². The van der Waals surface area contributed by atoms with E-state index in [1.54, 1.807) is 13.2 Å². The van der Waals surface area contributed by atoms with Crippen LogP contribution in [0.15, 0.2) is 47.6 Å². The van der Waals surface area contributed by atoms with Gasteiger partial charge in [-0.25, -0.2) is 4.98 Å². The number of aromatic nitrogens is 2. The third kappa shape index (κ3) is 4.24. The van der Waals surface area contributed by atoms with E-state index in [-0.39, 0.29) is 23.4 Å². The van der Waals surface area contributed by atoms with E-state index in [2.05, 4.69) is 17.2 Å². The highest BCUT2D eigenvalue weighted by molar-refractivity contribution is 7.99. The first-order chi connectivity index (χ1) is 16.4. The van der Waals surface area contributed by atoms with Gasteiger partial charge in [-0.15, -0.1) is 0 Å². The van der Waals surface area contributed by atoms with Gasteiger partial charge in [-0.3, -0.25) is 19.5 Å². The first-order valence-corrected chi connectivity index (χ1v) is 12.7. The zero-order valence-corrected chi connectivity index (χ0v) is 20.1. The number of non-ortho nitro benzene ring substituents is 1. The molecular weight excluding hydrogens is 452 g/mol. The van der Waals surface area contributed by atoms with Gasteiger partial charge in [-0.1, -0.05) is 30.3 Å². The predicted molar refractivity (Wildman–Crippen MR) is 132 cm³/mol. The predicted octanol–water partition coefficient (Wildman–Crippen LogP) is 4.98. The molecule has 2 aliphatic rings. The molecule has 1 amide bonds. The Balaban J connectivity index is 1.39. The molecule has 4 atom stereocenters. The second kappa shape index (κ2) is 9.29. The molecule has 2 aliphatic carbocycles. The fraction of sp³-hybridized carbons (Fsp3) is 0.440. The zero-order valence-electron chi connectivity index (χ0n) is 19.3. The molecule has 2 bridgehead atoms. The lowest BCUT2D eigenvalue weighted by atomic mass is 9.84. The van der Waals surface area contributed by atoms with Gasteiger partial charge in [0.2, 0.25) is 5.91 Å². The van der Waals surface area contributed by atoms with Gasteiger partial charge in [0.25, 0.3) is 5.69 Å². The van der Waals surface area contributed by atoms with Crippen molar-refractivity contribution in [1.82, 2.24) is 14.9 Å². The van der Waals surface area contributed by atoms with Crippen molar-refractivity contribution in [2.24, 2.45) is 17.8 Å². The Morgan fingerprint density at radius 2 is 2.12 bits per heavy atom. The van der Waals surface area contributed by atoms with Crippen LogP contribution in [-0.4, -0.2) is 39.3 Å². The van der Waals surface area contributed by atoms with E-state index in [1.807, 2.05) is 28.8 Å². The van der Waals surface area contributed by atoms with Crippen LogP contribution in [0.2, 0.25) is 0 Å². The van der Waals surface area contributed by atoms with Gasteiger partial charge in [0.1, 0.15) is 5.75 Å². The molecular formula is C25H28N4O4S. The maximum Gasteiger partial charge on any atom is 0.271 e. The number of imidazole rings is 1. The van der Waals surface area contributed by atoms with E-state index in [4.69, 9.17) is 4.74 Å². The van der Waals surface area contributed by atoms with E-state index in [1.165, 1.54) is 49.6 Å². The monoisotopic (exact) mass is 480 g/mol. The molecule has 8 nitrogen and oxygen atoms in total. The van der Waals surface area contributed by atoms with Gasteiger partial charge < -0.3 is 10.1 Å². The number of para-hydroxylation sites is 2. The van der Waals surface area contributed by atoms with Crippen LogP contribution in [0, 0.1) is 27.9 Å². The average Bonchev–Trinajstić information content (AvgIpc) is 3.56. The Labute approximate surface area is 202 Å². The van der Waals surface area contributed by atoms with Crippen LogP contribution in [0.5, 0.6) is 5.75 Å². The molecule has 9 heteroatoms. The maximum absolute atomic E-state index is 12.8. The number of thioether (sulfide) groups is 1. The molecule has 0 saturated heterocycles. The van der Waals surface area contributed by atoms with E-state index in [0.717, 1.165) is 17.5 Å². The summed E-state index contributed by atoms with van der Waals surface area (Å²) < 4.78 is 7.45. The molecule has 2 fully saturated rings. The number of ether oxygens (including phenoxy) is 1. The van der Waals surface area contributed by atoms with Crippen molar-refractivity contribution in [2.45, 2.75) is 43.8 Å². The molecule has 1 aromatic heterocycles. The molecule has 2 aromatic carbocycles. The molecule has 1 N–H and O–H groups in total. The Hall–Kier alpha value is -3.07. The highest BCUT2D eigenvalue weighted by Crippen LogP contribution is 2.49. The van der Waals surface area contributed by atoms with Crippen LogP contribution in [0.25, 0.3) is 16.7 Å². The summed E-state index contributed by atoms with van der Waals surface area (Å²) in [6.07, 6.45) is 5.17. The summed E-state index contributed by atoms with van der Waals surface area (Å²) >= 11 is 1.32. The van der Waals surface area contributed by atoms with Crippen molar-refractivity contribution in [1.29, 1.82) is 0 Å². The number of hydrogen-bond donors (Lipinski definition) is 1. The fourth-order valence-corrected chi connectivity index (χ4v) is 6.58. The minimum Gasteiger partial charge on any atom is -0.495 e. The first-order valence-electron chi connectivity index (χ1n) is 11.7. The number of carbonyl (C=O) groups excluding carboxylic acids is 1. The summed E-state index contributed by atoms with van der Waals surface area (Å²) in [7, 11) is 1.60. The van der Waals surface area contributed by atoms with Crippen molar-refractivity contribution in [2.75, 3.05) is 12.9 Å². The molecule has 1 heterocycles. The lowest BCUT2D eigenvalue weighted by Gasteiger charge is -2.28. The number of fused-ring (bicyclic) bond motifs is 3. The normalized spacial score (nSPS) is 22.1. The van der Waals surface area contributed by atoms with E-state index < -0.39 is 4.92 Å². The molecule has 0 radical (unpaired) electrons. The number of nitro groups is 1. The minimum absolute atomic E-state index is 0.0221. The molecule has 178 valence electrons. The third-order valence-corrected chi connectivity index (χ3v) is 8.24. The maximum atomic E-state index is 12.8. The van der Waals surface area contributed by atoms with Crippen molar-refractivity contribution in [3.63, 3.8) is 0 Å². The number of amides is 1. The lowest BCUT2D eigenvalue weighted by molar-refractivity contribution is -0.384. The molecule has 0 aliphatic heterocycles. The Morgan fingerprint density at radius 3 is 2.82 bits per heavy atom. The van der Waals surface area contributed by atoms with Crippen LogP contribution in [0.1, 0.15) is 32.6 Å². The van der Waals surface area contributed by atoms with Crippen molar-refractivity contribution in [3.8, 4) is 11.4 Å². The summed E-state index contributed by atoms with van der Waals surface area (Å²) in [5.41, 5.74) is 1.96. The minimum atomic E-state index is -0.432. The van der Waals surface area contributed by atoms with Crippen LogP contribution >= 0.6 is 11.8 Å². The smallest absolute Gasteiger partial charge is 0.271 e. The first kappa shape index (κ1) is 22.7. The standard InChI is InChI=1S/C25H28N4O4S/c1-15(19-12-16-7-8-17(19)11-16)26-24(30)14-34-25-27-20-13-18(29(31)32)9-10-21(20)28(25)22-5-3-4-6-23(22)33-2/h3-6,9-10,13,15-17,19H,7-8,11-12,14H2,1-2H3,(H,26,30)/t15-,16-,17-,19+/m1/s1. The SMILES string of the molecule is COc1ccccc1-n1c(SCC(=O)N[C@H](C)[C@@H]2C[C@@H]3CC[C@@H]2C3)nc2cc([N+](=O)[O-])ccc21. The quantitative estimate of drug-likeness (QED) is 0.277.